The van der Waals surface area contributed by atoms with Gasteiger partial charge in [-0.3, -0.25) is 9.89 Å². The van der Waals surface area contributed by atoms with Gasteiger partial charge in [0.05, 0.1) is 24.3 Å². The van der Waals surface area contributed by atoms with Gasteiger partial charge in [0.15, 0.2) is 0 Å². The van der Waals surface area contributed by atoms with Gasteiger partial charge in [-0.1, -0.05) is 35.5 Å². The summed E-state index contributed by atoms with van der Waals surface area (Å²) < 4.78 is 6.06. The molecule has 2 amide bonds. The lowest BCUT2D eigenvalue weighted by Gasteiger charge is -2.27. The van der Waals surface area contributed by atoms with Crippen molar-refractivity contribution >= 4 is 12.0 Å². The summed E-state index contributed by atoms with van der Waals surface area (Å²) in [5.74, 6) is -0.365. The Bertz CT molecular complexity index is 1160. The Balaban J connectivity index is 1.21. The van der Waals surface area contributed by atoms with E-state index in [-0.39, 0.29) is 18.1 Å². The average molecular weight is 476 g/mol. The number of nitrogens with one attached hydrogen (secondary N) is 1. The molecule has 1 aliphatic carbocycles. The van der Waals surface area contributed by atoms with E-state index in [0.29, 0.717) is 50.5 Å². The van der Waals surface area contributed by atoms with Crippen molar-refractivity contribution in [1.29, 1.82) is 0 Å². The first kappa shape index (κ1) is 22.9. The van der Waals surface area contributed by atoms with Gasteiger partial charge in [-0.05, 0) is 55.5 Å². The van der Waals surface area contributed by atoms with Gasteiger partial charge in [0.25, 0.3) is 0 Å². The van der Waals surface area contributed by atoms with E-state index in [1.807, 2.05) is 59.5 Å². The van der Waals surface area contributed by atoms with Crippen LogP contribution in [-0.4, -0.2) is 61.5 Å². The number of urea groups is 1. The Hall–Kier alpha value is -3.88. The molecule has 182 valence electrons. The fourth-order valence-electron chi connectivity index (χ4n) is 4.87. The van der Waals surface area contributed by atoms with E-state index in [9.17, 15) is 14.7 Å². The average Bonchev–Trinajstić information content (AvgIpc) is 3.48. The second kappa shape index (κ2) is 10.2. The molecule has 1 saturated carbocycles. The number of carboxylic acid groups (broad SMARTS) is 1. The third-order valence-corrected chi connectivity index (χ3v) is 6.77. The monoisotopic (exact) mass is 475 g/mol. The molecule has 9 heteroatoms. The number of hydrogen-bond donors (Lipinski definition) is 2. The van der Waals surface area contributed by atoms with Gasteiger partial charge in [-0.2, -0.15) is 0 Å². The molecule has 2 N–H and O–H groups in total. The first-order valence-corrected chi connectivity index (χ1v) is 12.0. The summed E-state index contributed by atoms with van der Waals surface area (Å²) >= 11 is 0. The first-order chi connectivity index (χ1) is 17.1. The van der Waals surface area contributed by atoms with E-state index in [2.05, 4.69) is 15.4 Å². The lowest BCUT2D eigenvalue weighted by molar-refractivity contribution is -0.143. The maximum Gasteiger partial charge on any atom is 0.320 e. The van der Waals surface area contributed by atoms with Crippen molar-refractivity contribution in [3.05, 3.63) is 65.9 Å². The van der Waals surface area contributed by atoms with Crippen molar-refractivity contribution in [2.75, 3.05) is 13.1 Å². The number of hydrogen-bond acceptors (Lipinski definition) is 5. The van der Waals surface area contributed by atoms with Crippen LogP contribution in [-0.2, 0) is 17.9 Å². The highest BCUT2D eigenvalue weighted by atomic mass is 16.5. The number of benzene rings is 2. The number of rotatable bonds is 8. The molecule has 1 aliphatic heterocycles. The number of aromatic amines is 1. The summed E-state index contributed by atoms with van der Waals surface area (Å²) in [6.45, 7) is 2.33. The molecule has 0 bridgehead atoms. The van der Waals surface area contributed by atoms with Crippen LogP contribution in [0.25, 0.3) is 11.3 Å². The maximum absolute atomic E-state index is 12.9. The molecule has 0 unspecified atom stereocenters. The molecular weight excluding hydrogens is 446 g/mol. The van der Waals surface area contributed by atoms with Gasteiger partial charge in [-0.25, -0.2) is 4.79 Å². The predicted octanol–water partition coefficient (Wildman–Crippen LogP) is 3.93. The van der Waals surface area contributed by atoms with Crippen molar-refractivity contribution in [2.45, 2.75) is 44.9 Å². The number of aliphatic carboxylic acids is 1. The lowest BCUT2D eigenvalue weighted by Crippen LogP contribution is -2.31. The first-order valence-electron chi connectivity index (χ1n) is 12.0. The molecule has 0 spiro atoms. The molecular formula is C26H29N5O4. The highest BCUT2D eigenvalue weighted by molar-refractivity contribution is 5.77. The molecule has 2 aromatic carbocycles. The summed E-state index contributed by atoms with van der Waals surface area (Å²) in [4.78, 5) is 27.9. The molecule has 1 saturated heterocycles. The highest BCUT2D eigenvalue weighted by Gasteiger charge is 2.30. The molecule has 2 atom stereocenters. The van der Waals surface area contributed by atoms with Crippen LogP contribution in [0.2, 0.25) is 0 Å². The molecule has 2 heterocycles. The van der Waals surface area contributed by atoms with Gasteiger partial charge in [0.1, 0.15) is 11.4 Å². The molecule has 1 aromatic heterocycles. The van der Waals surface area contributed by atoms with Crippen LogP contribution in [0.15, 0.2) is 54.6 Å². The Kier molecular flexibility index (Phi) is 6.65. The van der Waals surface area contributed by atoms with Gasteiger partial charge in [0.2, 0.25) is 0 Å². The fraction of sp³-hybridized carbons (Fsp3) is 0.385. The van der Waals surface area contributed by atoms with E-state index in [1.54, 1.807) is 4.90 Å². The summed E-state index contributed by atoms with van der Waals surface area (Å²) in [6, 6.07) is 17.6. The largest absolute Gasteiger partial charge is 0.490 e. The topological polar surface area (TPSA) is 112 Å². The molecule has 2 fully saturated rings. The smallest absolute Gasteiger partial charge is 0.320 e. The minimum atomic E-state index is -0.744. The third kappa shape index (κ3) is 5.29. The van der Waals surface area contributed by atoms with E-state index in [4.69, 9.17) is 4.74 Å². The zero-order chi connectivity index (χ0) is 24.2. The van der Waals surface area contributed by atoms with Crippen molar-refractivity contribution < 1.29 is 19.4 Å². The van der Waals surface area contributed by atoms with Gasteiger partial charge in [0, 0.05) is 25.2 Å². The van der Waals surface area contributed by atoms with Crippen LogP contribution in [0, 0.1) is 5.92 Å². The lowest BCUT2D eigenvalue weighted by atomic mass is 9.87. The number of carboxylic acids is 1. The molecule has 0 radical (unpaired) electrons. The number of aromatic nitrogens is 3. The Labute approximate surface area is 203 Å². The maximum atomic E-state index is 12.9. The zero-order valence-electron chi connectivity index (χ0n) is 19.5. The SMILES string of the molecule is O=C(O)[C@H]1CCC[C@H](Oc2ccc(-c3nn[nH]c3CN3CCN(Cc4ccccc4)C3=O)cc2)C1. The van der Waals surface area contributed by atoms with E-state index in [1.165, 1.54) is 0 Å². The Morgan fingerprint density at radius 3 is 2.51 bits per heavy atom. The zero-order valence-corrected chi connectivity index (χ0v) is 19.5. The fourth-order valence-corrected chi connectivity index (χ4v) is 4.87. The predicted molar refractivity (Wildman–Crippen MR) is 128 cm³/mol. The number of amides is 2. The van der Waals surface area contributed by atoms with Gasteiger partial charge in [-0.15, -0.1) is 5.10 Å². The van der Waals surface area contributed by atoms with Crippen LogP contribution in [0.5, 0.6) is 5.75 Å². The van der Waals surface area contributed by atoms with Crippen LogP contribution in [0.1, 0.15) is 36.9 Å². The van der Waals surface area contributed by atoms with Crippen molar-refractivity contribution in [1.82, 2.24) is 25.2 Å². The third-order valence-electron chi connectivity index (χ3n) is 6.77. The normalized spacial score (nSPS) is 20.3. The van der Waals surface area contributed by atoms with E-state index >= 15 is 0 Å². The second-order valence-electron chi connectivity index (χ2n) is 9.22. The minimum absolute atomic E-state index is 0.00491. The number of carbonyl (C=O) groups is 2. The van der Waals surface area contributed by atoms with Gasteiger partial charge >= 0.3 is 12.0 Å². The van der Waals surface area contributed by atoms with Crippen molar-refractivity contribution in [3.63, 3.8) is 0 Å². The van der Waals surface area contributed by atoms with Gasteiger partial charge < -0.3 is 19.6 Å². The number of carbonyl (C=O) groups excluding carboxylic acids is 1. The summed E-state index contributed by atoms with van der Waals surface area (Å²) in [5.41, 5.74) is 3.47. The van der Waals surface area contributed by atoms with Crippen LogP contribution >= 0.6 is 0 Å². The highest BCUT2D eigenvalue weighted by Crippen LogP contribution is 2.30. The second-order valence-corrected chi connectivity index (χ2v) is 9.22. The molecule has 5 rings (SSSR count). The number of ether oxygens (including phenoxy) is 1. The van der Waals surface area contributed by atoms with Crippen molar-refractivity contribution in [3.8, 4) is 17.0 Å². The Morgan fingerprint density at radius 1 is 1.03 bits per heavy atom. The standard InChI is InChI=1S/C26H29N5O4/c32-25(33)20-7-4-8-22(15-20)35-21-11-9-19(10-12-21)24-23(27-29-28-24)17-31-14-13-30(26(31)34)16-18-5-2-1-3-6-18/h1-3,5-6,9-12,20,22H,4,7-8,13-17H2,(H,32,33)(H,27,28,29)/t20-,22-/m0/s1. The summed E-state index contributed by atoms with van der Waals surface area (Å²) in [5, 5.41) is 20.5. The number of nitrogens with zero attached hydrogens (tertiary/aromatic N) is 4. The van der Waals surface area contributed by atoms with E-state index < -0.39 is 5.97 Å². The molecule has 3 aromatic rings. The molecule has 9 nitrogen and oxygen atoms in total. The number of H-pyrrole nitrogens is 1. The summed E-state index contributed by atoms with van der Waals surface area (Å²) in [6.07, 6.45) is 2.89. The molecule has 2 aliphatic rings. The van der Waals surface area contributed by atoms with Crippen molar-refractivity contribution in [2.24, 2.45) is 5.92 Å². The van der Waals surface area contributed by atoms with Crippen LogP contribution in [0.3, 0.4) is 0 Å². The van der Waals surface area contributed by atoms with Crippen LogP contribution in [0.4, 0.5) is 4.79 Å². The molecule has 35 heavy (non-hydrogen) atoms. The van der Waals surface area contributed by atoms with E-state index in [0.717, 1.165) is 29.7 Å². The quantitative estimate of drug-likeness (QED) is 0.511. The Morgan fingerprint density at radius 2 is 1.77 bits per heavy atom. The minimum Gasteiger partial charge on any atom is -0.490 e. The van der Waals surface area contributed by atoms with Crippen LogP contribution < -0.4 is 4.74 Å². The summed E-state index contributed by atoms with van der Waals surface area (Å²) in [7, 11) is 0.